The zero-order chi connectivity index (χ0) is 26.7. The van der Waals surface area contributed by atoms with Crippen LogP contribution in [0.25, 0.3) is 10.2 Å². The monoisotopic (exact) mass is 573 g/mol. The van der Waals surface area contributed by atoms with Gasteiger partial charge in [0.25, 0.3) is 15.9 Å². The Bertz CT molecular complexity index is 1540. The number of nitrogens with zero attached hydrogens (tertiary/aromatic N) is 3. The lowest BCUT2D eigenvalue weighted by Gasteiger charge is -2.34. The fourth-order valence-electron chi connectivity index (χ4n) is 4.15. The molecule has 12 heteroatoms. The Balaban J connectivity index is 1.07. The van der Waals surface area contributed by atoms with Crippen LogP contribution >= 0.6 is 22.9 Å². The topological polar surface area (TPSA) is 94.6 Å². The number of benzene rings is 3. The maximum absolute atomic E-state index is 13.1. The first kappa shape index (κ1) is 26.4. The molecule has 0 atom stereocenters. The number of anilines is 2. The summed E-state index contributed by atoms with van der Waals surface area (Å²) in [5, 5.41) is 4.56. The van der Waals surface area contributed by atoms with Crippen molar-refractivity contribution in [2.24, 2.45) is 0 Å². The molecular weight excluding hydrogens is 549 g/mol. The molecule has 1 aromatic heterocycles. The van der Waals surface area contributed by atoms with Gasteiger partial charge >= 0.3 is 0 Å². The molecule has 3 aromatic carbocycles. The standard InChI is InChI=1S/C26H25ClFN5O3S2/c27-22-2-1-3-23-24(22)30-26(37-23)33-16-14-32(15-17-33)13-12-29-25(34)18-4-8-20(9-5-18)31-38(35,36)21-10-6-19(28)7-11-21/h1-11,31H,12-17H2,(H,29,34). The van der Waals surface area contributed by atoms with Crippen molar-refractivity contribution in [2.45, 2.75) is 4.90 Å². The summed E-state index contributed by atoms with van der Waals surface area (Å²) in [6.45, 7) is 4.64. The van der Waals surface area contributed by atoms with E-state index in [4.69, 9.17) is 16.6 Å². The summed E-state index contributed by atoms with van der Waals surface area (Å²) >= 11 is 7.91. The highest BCUT2D eigenvalue weighted by molar-refractivity contribution is 7.92. The van der Waals surface area contributed by atoms with Crippen LogP contribution in [0.15, 0.2) is 71.6 Å². The highest BCUT2D eigenvalue weighted by atomic mass is 35.5. The largest absolute Gasteiger partial charge is 0.351 e. The molecule has 1 aliphatic rings. The van der Waals surface area contributed by atoms with E-state index < -0.39 is 15.8 Å². The third-order valence-electron chi connectivity index (χ3n) is 6.24. The van der Waals surface area contributed by atoms with Crippen molar-refractivity contribution in [1.29, 1.82) is 0 Å². The Morgan fingerprint density at radius 1 is 1.00 bits per heavy atom. The molecule has 0 aliphatic carbocycles. The number of fused-ring (bicyclic) bond motifs is 1. The van der Waals surface area contributed by atoms with Crippen molar-refractivity contribution in [1.82, 2.24) is 15.2 Å². The summed E-state index contributed by atoms with van der Waals surface area (Å²) in [5.74, 6) is -0.750. The maximum atomic E-state index is 13.1. The first-order chi connectivity index (χ1) is 18.3. The molecule has 2 heterocycles. The normalized spacial score (nSPS) is 14.5. The van der Waals surface area contributed by atoms with Crippen LogP contribution in [0.3, 0.4) is 0 Å². The summed E-state index contributed by atoms with van der Waals surface area (Å²) in [6.07, 6.45) is 0. The average Bonchev–Trinajstić information content (AvgIpc) is 3.35. The Morgan fingerprint density at radius 3 is 2.39 bits per heavy atom. The smallest absolute Gasteiger partial charge is 0.261 e. The van der Waals surface area contributed by atoms with Crippen molar-refractivity contribution in [3.8, 4) is 0 Å². The van der Waals surface area contributed by atoms with Gasteiger partial charge in [0.15, 0.2) is 5.13 Å². The van der Waals surface area contributed by atoms with E-state index in [1.165, 1.54) is 24.3 Å². The fourth-order valence-corrected chi connectivity index (χ4v) is 6.52. The first-order valence-electron chi connectivity index (χ1n) is 12.0. The zero-order valence-corrected chi connectivity index (χ0v) is 22.6. The van der Waals surface area contributed by atoms with Gasteiger partial charge in [-0.15, -0.1) is 0 Å². The summed E-state index contributed by atoms with van der Waals surface area (Å²) in [4.78, 5) is 21.8. The molecule has 198 valence electrons. The van der Waals surface area contributed by atoms with E-state index in [0.717, 1.165) is 60.2 Å². The fraction of sp³-hybridized carbons (Fsp3) is 0.231. The molecule has 1 aliphatic heterocycles. The van der Waals surface area contributed by atoms with Gasteiger partial charge in [0.05, 0.1) is 14.6 Å². The molecule has 5 rings (SSSR count). The number of para-hydroxylation sites is 1. The van der Waals surface area contributed by atoms with Crippen molar-refractivity contribution in [3.05, 3.63) is 83.1 Å². The number of thiazole rings is 1. The van der Waals surface area contributed by atoms with E-state index in [1.807, 2.05) is 18.2 Å². The lowest BCUT2D eigenvalue weighted by molar-refractivity contribution is 0.0948. The van der Waals surface area contributed by atoms with Crippen LogP contribution in [0.4, 0.5) is 15.2 Å². The SMILES string of the molecule is O=C(NCCN1CCN(c2nc3c(Cl)cccc3s2)CC1)c1ccc(NS(=O)(=O)c2ccc(F)cc2)cc1. The summed E-state index contributed by atoms with van der Waals surface area (Å²) in [6, 6.07) is 16.5. The van der Waals surface area contributed by atoms with Crippen LogP contribution in [0, 0.1) is 5.82 Å². The van der Waals surface area contributed by atoms with E-state index in [0.29, 0.717) is 22.8 Å². The van der Waals surface area contributed by atoms with Crippen LogP contribution in [0.1, 0.15) is 10.4 Å². The van der Waals surface area contributed by atoms with E-state index >= 15 is 0 Å². The molecule has 0 radical (unpaired) electrons. The average molecular weight is 574 g/mol. The molecule has 0 spiro atoms. The zero-order valence-electron chi connectivity index (χ0n) is 20.2. The number of carbonyl (C=O) groups excluding carboxylic acids is 1. The Kier molecular flexibility index (Phi) is 7.80. The number of hydrogen-bond donors (Lipinski definition) is 2. The van der Waals surface area contributed by atoms with Gasteiger partial charge in [-0.3, -0.25) is 14.4 Å². The number of carbonyl (C=O) groups is 1. The van der Waals surface area contributed by atoms with Gasteiger partial charge in [-0.1, -0.05) is 29.0 Å². The second-order valence-electron chi connectivity index (χ2n) is 8.80. The molecule has 0 unspecified atom stereocenters. The molecule has 1 amide bonds. The quantitative estimate of drug-likeness (QED) is 0.324. The molecule has 8 nitrogen and oxygen atoms in total. The second kappa shape index (κ2) is 11.2. The number of nitrogens with one attached hydrogen (secondary N) is 2. The summed E-state index contributed by atoms with van der Waals surface area (Å²) < 4.78 is 41.5. The van der Waals surface area contributed by atoms with Crippen LogP contribution < -0.4 is 14.9 Å². The number of hydrogen-bond acceptors (Lipinski definition) is 7. The Hall–Kier alpha value is -3.25. The van der Waals surface area contributed by atoms with Crippen molar-refractivity contribution in [3.63, 3.8) is 0 Å². The molecule has 0 bridgehead atoms. The van der Waals surface area contributed by atoms with Gasteiger partial charge in [0, 0.05) is 50.5 Å². The van der Waals surface area contributed by atoms with Crippen LogP contribution in [-0.4, -0.2) is 63.5 Å². The number of rotatable bonds is 8. The van der Waals surface area contributed by atoms with Gasteiger partial charge in [-0.2, -0.15) is 0 Å². The minimum atomic E-state index is -3.86. The third kappa shape index (κ3) is 6.07. The van der Waals surface area contributed by atoms with Crippen LogP contribution in [-0.2, 0) is 10.0 Å². The molecule has 1 fully saturated rings. The first-order valence-corrected chi connectivity index (χ1v) is 14.7. The maximum Gasteiger partial charge on any atom is 0.261 e. The lowest BCUT2D eigenvalue weighted by atomic mass is 10.2. The van der Waals surface area contributed by atoms with Crippen LogP contribution in [0.2, 0.25) is 5.02 Å². The minimum Gasteiger partial charge on any atom is -0.351 e. The number of aromatic nitrogens is 1. The molecular formula is C26H25ClFN5O3S2. The highest BCUT2D eigenvalue weighted by Crippen LogP contribution is 2.33. The van der Waals surface area contributed by atoms with Gasteiger partial charge in [0.2, 0.25) is 0 Å². The number of piperazine rings is 1. The number of halogens is 2. The minimum absolute atomic E-state index is 0.0500. The Morgan fingerprint density at radius 2 is 1.71 bits per heavy atom. The number of sulfonamides is 1. The summed E-state index contributed by atoms with van der Waals surface area (Å²) in [5.41, 5.74) is 1.57. The number of amides is 1. The van der Waals surface area contributed by atoms with Crippen molar-refractivity contribution >= 4 is 59.9 Å². The second-order valence-corrected chi connectivity index (χ2v) is 11.9. The van der Waals surface area contributed by atoms with Gasteiger partial charge in [0.1, 0.15) is 11.3 Å². The van der Waals surface area contributed by atoms with E-state index in [-0.39, 0.29) is 10.8 Å². The van der Waals surface area contributed by atoms with Crippen molar-refractivity contribution in [2.75, 3.05) is 48.9 Å². The summed E-state index contributed by atoms with van der Waals surface area (Å²) in [7, 11) is -3.86. The predicted molar refractivity (Wildman–Crippen MR) is 149 cm³/mol. The molecule has 4 aromatic rings. The van der Waals surface area contributed by atoms with Crippen molar-refractivity contribution < 1.29 is 17.6 Å². The van der Waals surface area contributed by atoms with E-state index in [1.54, 1.807) is 23.5 Å². The van der Waals surface area contributed by atoms with Gasteiger partial charge in [-0.25, -0.2) is 17.8 Å². The van der Waals surface area contributed by atoms with E-state index in [9.17, 15) is 17.6 Å². The van der Waals surface area contributed by atoms with Gasteiger partial charge in [-0.05, 0) is 60.7 Å². The highest BCUT2D eigenvalue weighted by Gasteiger charge is 2.20. The molecule has 2 N–H and O–H groups in total. The Labute approximate surface area is 229 Å². The van der Waals surface area contributed by atoms with Crippen LogP contribution in [0.5, 0.6) is 0 Å². The lowest BCUT2D eigenvalue weighted by Crippen LogP contribution is -2.48. The van der Waals surface area contributed by atoms with E-state index in [2.05, 4.69) is 19.8 Å². The molecule has 38 heavy (non-hydrogen) atoms. The molecule has 1 saturated heterocycles. The van der Waals surface area contributed by atoms with Gasteiger partial charge < -0.3 is 10.2 Å². The third-order valence-corrected chi connectivity index (χ3v) is 9.02. The predicted octanol–water partition coefficient (Wildman–Crippen LogP) is 4.44. The molecule has 0 saturated carbocycles.